The third-order valence-electron chi connectivity index (χ3n) is 2.05. The van der Waals surface area contributed by atoms with Crippen LogP contribution in [0.5, 0.6) is 0 Å². The van der Waals surface area contributed by atoms with Crippen molar-refractivity contribution in [2.75, 3.05) is 27.7 Å². The van der Waals surface area contributed by atoms with Gasteiger partial charge in [0, 0.05) is 13.8 Å². The molecule has 0 heterocycles. The Bertz CT molecular complexity index is 350. The number of carbonyl (C=O) groups is 3. The van der Waals surface area contributed by atoms with Crippen LogP contribution in [0, 0.1) is 0 Å². The van der Waals surface area contributed by atoms with E-state index in [2.05, 4.69) is 0 Å². The van der Waals surface area contributed by atoms with Crippen LogP contribution >= 0.6 is 0 Å². The zero-order chi connectivity index (χ0) is 14.6. The molecule has 0 amide bonds. The van der Waals surface area contributed by atoms with Gasteiger partial charge in [-0.3, -0.25) is 9.59 Å². The molecule has 0 bridgehead atoms. The maximum atomic E-state index is 11.8. The first kappa shape index (κ1) is 13.8. The Balaban J connectivity index is 5.02. The quantitative estimate of drug-likeness (QED) is 0.419. The fourth-order valence-corrected chi connectivity index (χ4v) is 1.61. The van der Waals surface area contributed by atoms with E-state index in [0.29, 0.717) is 0 Å². The van der Waals surface area contributed by atoms with Crippen LogP contribution in [0.1, 0.15) is 21.1 Å². The topological polar surface area (TPSA) is 94.5 Å². The van der Waals surface area contributed by atoms with Gasteiger partial charge < -0.3 is 19.5 Å². The van der Waals surface area contributed by atoms with Gasteiger partial charge in [0.25, 0.3) is 0 Å². The molecule has 0 rings (SSSR count). The number of carbonyl (C=O) groups excluding carboxylic acids is 3. The summed E-state index contributed by atoms with van der Waals surface area (Å²) in [6.45, 7) is -0.720. The van der Waals surface area contributed by atoms with Gasteiger partial charge in [0.2, 0.25) is 0 Å². The lowest BCUT2D eigenvalue weighted by Crippen LogP contribution is -2.56. The molecule has 98 valence electrons. The lowest BCUT2D eigenvalue weighted by molar-refractivity contribution is -0.875. The maximum Gasteiger partial charge on any atom is 0.177 e. The molecule has 6 heteroatoms. The molecule has 1 N–H and O–H groups in total. The monoisotopic (exact) mass is 246 g/mol. The number of nitrogens with zero attached hydrogens (tertiary/aromatic N) is 1. The summed E-state index contributed by atoms with van der Waals surface area (Å²) >= 11 is 0. The Morgan fingerprint density at radius 3 is 2.24 bits per heavy atom. The Morgan fingerprint density at radius 1 is 1.35 bits per heavy atom. The van der Waals surface area contributed by atoms with Crippen LogP contribution < -0.4 is 5.11 Å². The van der Waals surface area contributed by atoms with Crippen molar-refractivity contribution in [3.8, 4) is 0 Å². The molecule has 0 aliphatic rings. The van der Waals surface area contributed by atoms with Crippen LogP contribution in [0.25, 0.3) is 0 Å². The summed E-state index contributed by atoms with van der Waals surface area (Å²) in [5, 5.41) is 20.7. The van der Waals surface area contributed by atoms with Crippen molar-refractivity contribution in [1.82, 2.24) is 0 Å². The van der Waals surface area contributed by atoms with Gasteiger partial charge in [-0.05, 0) is 6.90 Å². The molecular weight excluding hydrogens is 226 g/mol. The zero-order valence-electron chi connectivity index (χ0n) is 11.4. The van der Waals surface area contributed by atoms with E-state index in [1.807, 2.05) is 0 Å². The van der Waals surface area contributed by atoms with E-state index in [-0.39, 0.29) is 11.0 Å². The van der Waals surface area contributed by atoms with Gasteiger partial charge >= 0.3 is 0 Å². The molecule has 0 saturated heterocycles. The molecule has 0 aromatic heterocycles. The molecule has 0 saturated carbocycles. The fraction of sp³-hybridized carbons (Fsp3) is 0.727. The van der Waals surface area contributed by atoms with Crippen molar-refractivity contribution in [2.24, 2.45) is 0 Å². The van der Waals surface area contributed by atoms with Crippen LogP contribution in [-0.2, 0) is 14.4 Å². The van der Waals surface area contributed by atoms with Crippen molar-refractivity contribution >= 4 is 17.5 Å². The highest BCUT2D eigenvalue weighted by molar-refractivity contribution is 6.03. The number of aliphatic hydroxyl groups is 1. The Morgan fingerprint density at radius 2 is 1.88 bits per heavy atom. The number of hydrogen-bond acceptors (Lipinski definition) is 5. The predicted octanol–water partition coefficient (Wildman–Crippen LogP) is -1.89. The third-order valence-corrected chi connectivity index (χ3v) is 2.05. The normalized spacial score (nSPS) is 15.9. The average molecular weight is 246 g/mol. The number of aliphatic carboxylic acids is 1. The highest BCUT2D eigenvalue weighted by Gasteiger charge is 2.41. The largest absolute Gasteiger partial charge is 0.550 e. The number of carboxylic acids is 1. The van der Waals surface area contributed by atoms with Crippen LogP contribution in [0.15, 0.2) is 0 Å². The van der Waals surface area contributed by atoms with E-state index < -0.39 is 42.9 Å². The molecule has 0 aliphatic carbocycles. The summed E-state index contributed by atoms with van der Waals surface area (Å²) in [6, 6.07) is 0. The predicted molar refractivity (Wildman–Crippen MR) is 57.8 cm³/mol. The number of hydrogen-bond donors (Lipinski definition) is 1. The van der Waals surface area contributed by atoms with Gasteiger partial charge in [0.05, 0.1) is 27.6 Å². The smallest absolute Gasteiger partial charge is 0.177 e. The second kappa shape index (κ2) is 5.37. The van der Waals surface area contributed by atoms with Crippen molar-refractivity contribution in [2.45, 2.75) is 25.3 Å². The highest BCUT2D eigenvalue weighted by atomic mass is 16.4. The molecular formula is C11H19NO5. The summed E-state index contributed by atoms with van der Waals surface area (Å²) in [7, 11) is 5.04. The van der Waals surface area contributed by atoms with Crippen LogP contribution in [0.3, 0.4) is 0 Å². The van der Waals surface area contributed by atoms with E-state index >= 15 is 0 Å². The standard InChI is InChI=1S/C11H19NO5/c1-8(13)5-9(14)11(17,6-10(15)16)7-12(2,3)4/h17H,5-7H2,1-4H3/t11-/m1/s1/i1D. The Hall–Kier alpha value is -1.27. The number of rotatable bonds is 7. The van der Waals surface area contributed by atoms with Gasteiger partial charge in [-0.2, -0.15) is 0 Å². The SMILES string of the molecule is [2H]CC(=O)CC(=O)[C@@](O)(CC(=O)[O-])C[N+](C)(C)C. The minimum Gasteiger partial charge on any atom is -0.550 e. The second-order valence-electron chi connectivity index (χ2n) is 5.17. The first-order valence-corrected chi connectivity index (χ1v) is 5.07. The van der Waals surface area contributed by atoms with Gasteiger partial charge in [-0.1, -0.05) is 0 Å². The summed E-state index contributed by atoms with van der Waals surface area (Å²) in [4.78, 5) is 33.4. The van der Waals surface area contributed by atoms with Crippen LogP contribution in [0.2, 0.25) is 0 Å². The number of quaternary nitrogens is 1. The van der Waals surface area contributed by atoms with E-state index in [9.17, 15) is 24.6 Å². The first-order valence-electron chi connectivity index (χ1n) is 5.78. The molecule has 0 spiro atoms. The highest BCUT2D eigenvalue weighted by Crippen LogP contribution is 2.17. The number of likely N-dealkylation sites (N-methyl/N-ethyl adjacent to an activating group) is 1. The van der Waals surface area contributed by atoms with E-state index in [1.54, 1.807) is 21.1 Å². The lowest BCUT2D eigenvalue weighted by Gasteiger charge is -2.34. The molecule has 0 aromatic carbocycles. The zero-order valence-corrected chi connectivity index (χ0v) is 10.4. The van der Waals surface area contributed by atoms with E-state index in [1.165, 1.54) is 0 Å². The first-order chi connectivity index (χ1) is 8.00. The van der Waals surface area contributed by atoms with Gasteiger partial charge in [-0.25, -0.2) is 0 Å². The van der Waals surface area contributed by atoms with Gasteiger partial charge in [0.1, 0.15) is 12.3 Å². The van der Waals surface area contributed by atoms with Crippen LogP contribution in [-0.4, -0.2) is 60.4 Å². The van der Waals surface area contributed by atoms with E-state index in [4.69, 9.17) is 1.37 Å². The third kappa shape index (κ3) is 6.13. The van der Waals surface area contributed by atoms with Crippen molar-refractivity contribution < 1.29 is 30.5 Å². The minimum absolute atomic E-state index is 0.148. The molecule has 0 unspecified atom stereocenters. The molecule has 6 nitrogen and oxygen atoms in total. The Labute approximate surface area is 102 Å². The molecule has 0 aromatic rings. The van der Waals surface area contributed by atoms with Crippen molar-refractivity contribution in [3.63, 3.8) is 0 Å². The van der Waals surface area contributed by atoms with Crippen molar-refractivity contribution in [3.05, 3.63) is 0 Å². The summed E-state index contributed by atoms with van der Waals surface area (Å²) in [5.74, 6) is -3.09. The van der Waals surface area contributed by atoms with Crippen LogP contribution in [0.4, 0.5) is 0 Å². The molecule has 1 atom stereocenters. The van der Waals surface area contributed by atoms with Gasteiger partial charge in [0.15, 0.2) is 11.4 Å². The molecule has 0 fully saturated rings. The fourth-order valence-electron chi connectivity index (χ4n) is 1.61. The minimum atomic E-state index is -2.14. The lowest BCUT2D eigenvalue weighted by atomic mass is 9.90. The Kier molecular flexibility index (Phi) is 4.36. The van der Waals surface area contributed by atoms with Gasteiger partial charge in [-0.15, -0.1) is 0 Å². The molecule has 17 heavy (non-hydrogen) atoms. The van der Waals surface area contributed by atoms with E-state index in [0.717, 1.165) is 0 Å². The average Bonchev–Trinajstić information content (AvgIpc) is 2.12. The maximum absolute atomic E-state index is 11.8. The second-order valence-corrected chi connectivity index (χ2v) is 5.17. The number of Topliss-reactive ketones (excluding diaryl/α,β-unsaturated/α-hetero) is 2. The summed E-state index contributed by atoms with van der Waals surface area (Å²) in [6.07, 6.45) is -1.49. The molecule has 0 radical (unpaired) electrons. The number of carboxylic acid groups (broad SMARTS) is 1. The molecule has 0 aliphatic heterocycles. The van der Waals surface area contributed by atoms with Crippen molar-refractivity contribution in [1.29, 1.82) is 0 Å². The summed E-state index contributed by atoms with van der Waals surface area (Å²) < 4.78 is 6.97. The summed E-state index contributed by atoms with van der Waals surface area (Å²) in [5.41, 5.74) is -2.14. The number of ketones is 2.